The molecule has 0 spiro atoms. The van der Waals surface area contributed by atoms with Gasteiger partial charge in [-0.1, -0.05) is 19.1 Å². The van der Waals surface area contributed by atoms with Crippen LogP contribution in [0, 0.1) is 0 Å². The van der Waals surface area contributed by atoms with Crippen LogP contribution in [0.1, 0.15) is 55.3 Å². The molecule has 3 rings (SSSR count). The van der Waals surface area contributed by atoms with Crippen molar-refractivity contribution in [1.82, 2.24) is 9.80 Å². The Kier molecular flexibility index (Phi) is 7.13. The molecule has 1 amide bonds. The summed E-state index contributed by atoms with van der Waals surface area (Å²) >= 11 is 0. The van der Waals surface area contributed by atoms with Gasteiger partial charge in [0.2, 0.25) is 0 Å². The maximum absolute atomic E-state index is 13.0. The van der Waals surface area contributed by atoms with Crippen molar-refractivity contribution in [1.29, 1.82) is 0 Å². The topological polar surface area (TPSA) is 32.8 Å². The van der Waals surface area contributed by atoms with Crippen molar-refractivity contribution in [3.8, 4) is 5.75 Å². The lowest BCUT2D eigenvalue weighted by Crippen LogP contribution is -2.45. The molecule has 1 atom stereocenters. The number of hydrogen-bond donors (Lipinski definition) is 0. The van der Waals surface area contributed by atoms with E-state index in [9.17, 15) is 4.79 Å². The number of benzene rings is 1. The van der Waals surface area contributed by atoms with Gasteiger partial charge in [-0.05, 0) is 75.9 Å². The number of likely N-dealkylation sites (tertiary alicyclic amines) is 2. The Morgan fingerprint density at radius 3 is 2.54 bits per heavy atom. The van der Waals surface area contributed by atoms with E-state index in [2.05, 4.69) is 16.4 Å². The smallest absolute Gasteiger partial charge is 0.254 e. The van der Waals surface area contributed by atoms with Gasteiger partial charge in [0.15, 0.2) is 0 Å². The van der Waals surface area contributed by atoms with Gasteiger partial charge in [0.05, 0.1) is 0 Å². The van der Waals surface area contributed by atoms with Gasteiger partial charge < -0.3 is 14.5 Å². The first-order valence-electron chi connectivity index (χ1n) is 10.1. The van der Waals surface area contributed by atoms with Crippen LogP contribution in [0.3, 0.4) is 0 Å². The number of ether oxygens (including phenoxy) is 1. The molecule has 142 valence electrons. The van der Waals surface area contributed by atoms with Gasteiger partial charge in [0.25, 0.3) is 5.91 Å². The summed E-state index contributed by atoms with van der Waals surface area (Å²) < 4.78 is 5.51. The summed E-state index contributed by atoms with van der Waals surface area (Å²) in [4.78, 5) is 17.7. The van der Waals surface area contributed by atoms with Crippen molar-refractivity contribution in [2.75, 3.05) is 32.8 Å². The second-order valence-corrected chi connectivity index (χ2v) is 7.46. The predicted octanol–water partition coefficient (Wildman–Crippen LogP) is 4.12. The van der Waals surface area contributed by atoms with Crippen LogP contribution >= 0.6 is 0 Å². The third-order valence-corrected chi connectivity index (χ3v) is 5.58. The minimum atomic E-state index is 0.170. The maximum Gasteiger partial charge on any atom is 0.254 e. The van der Waals surface area contributed by atoms with E-state index in [1.165, 1.54) is 38.8 Å². The van der Waals surface area contributed by atoms with Crippen molar-refractivity contribution in [3.63, 3.8) is 0 Å². The second-order valence-electron chi connectivity index (χ2n) is 7.46. The molecular formula is C22H32N2O2. The first-order chi connectivity index (χ1) is 12.8. The van der Waals surface area contributed by atoms with E-state index in [0.717, 1.165) is 43.7 Å². The highest BCUT2D eigenvalue weighted by Gasteiger charge is 2.27. The molecule has 0 saturated carbocycles. The van der Waals surface area contributed by atoms with Gasteiger partial charge in [-0.15, -0.1) is 0 Å². The van der Waals surface area contributed by atoms with Crippen LogP contribution in [0.2, 0.25) is 0 Å². The van der Waals surface area contributed by atoms with Gasteiger partial charge in [-0.3, -0.25) is 4.79 Å². The fraction of sp³-hybridized carbons (Fsp3) is 0.591. The monoisotopic (exact) mass is 356 g/mol. The Balaban J connectivity index is 1.58. The Bertz CT molecular complexity index is 578. The van der Waals surface area contributed by atoms with Crippen LogP contribution in [0.15, 0.2) is 36.9 Å². The van der Waals surface area contributed by atoms with Gasteiger partial charge >= 0.3 is 0 Å². The van der Waals surface area contributed by atoms with Crippen molar-refractivity contribution in [2.45, 2.75) is 51.0 Å². The first kappa shape index (κ1) is 19.0. The Morgan fingerprint density at radius 1 is 1.08 bits per heavy atom. The zero-order chi connectivity index (χ0) is 18.2. The van der Waals surface area contributed by atoms with Crippen molar-refractivity contribution in [2.24, 2.45) is 0 Å². The number of carbonyl (C=O) groups excluding carboxylic acids is 1. The van der Waals surface area contributed by atoms with Crippen LogP contribution < -0.4 is 4.74 Å². The highest BCUT2D eigenvalue weighted by Crippen LogP contribution is 2.24. The number of piperidine rings is 2. The molecule has 0 bridgehead atoms. The molecule has 2 heterocycles. The molecule has 1 unspecified atom stereocenters. The lowest BCUT2D eigenvalue weighted by atomic mass is 9.97. The fourth-order valence-corrected chi connectivity index (χ4v) is 4.10. The Morgan fingerprint density at radius 2 is 1.81 bits per heavy atom. The zero-order valence-corrected chi connectivity index (χ0v) is 15.9. The van der Waals surface area contributed by atoms with Crippen LogP contribution in [-0.4, -0.2) is 54.5 Å². The average molecular weight is 357 g/mol. The van der Waals surface area contributed by atoms with Gasteiger partial charge in [0.1, 0.15) is 12.4 Å². The average Bonchev–Trinajstić information content (AvgIpc) is 2.71. The first-order valence-corrected chi connectivity index (χ1v) is 10.1. The van der Waals surface area contributed by atoms with E-state index in [4.69, 9.17) is 4.74 Å². The van der Waals surface area contributed by atoms with E-state index >= 15 is 0 Å². The zero-order valence-electron chi connectivity index (χ0n) is 15.9. The highest BCUT2D eigenvalue weighted by atomic mass is 16.5. The SMILES string of the molecule is C=CCOc1ccc(C(=O)N2CCCCC2CCN2CCCCC2)cc1. The fourth-order valence-electron chi connectivity index (χ4n) is 4.10. The summed E-state index contributed by atoms with van der Waals surface area (Å²) in [7, 11) is 0. The predicted molar refractivity (Wildman–Crippen MR) is 106 cm³/mol. The normalized spacial score (nSPS) is 21.4. The molecule has 1 aromatic carbocycles. The summed E-state index contributed by atoms with van der Waals surface area (Å²) in [5.74, 6) is 0.949. The molecule has 4 heteroatoms. The molecule has 26 heavy (non-hydrogen) atoms. The molecule has 4 nitrogen and oxygen atoms in total. The summed E-state index contributed by atoms with van der Waals surface area (Å²) in [5, 5.41) is 0. The molecule has 0 radical (unpaired) electrons. The minimum Gasteiger partial charge on any atom is -0.490 e. The third kappa shape index (κ3) is 5.10. The minimum absolute atomic E-state index is 0.170. The molecule has 2 aliphatic rings. The summed E-state index contributed by atoms with van der Waals surface area (Å²) in [6.45, 7) is 8.61. The van der Waals surface area contributed by atoms with E-state index in [-0.39, 0.29) is 5.91 Å². The van der Waals surface area contributed by atoms with Gasteiger partial charge in [-0.25, -0.2) is 0 Å². The van der Waals surface area contributed by atoms with E-state index in [1.807, 2.05) is 24.3 Å². The number of hydrogen-bond acceptors (Lipinski definition) is 3. The molecule has 2 aliphatic heterocycles. The lowest BCUT2D eigenvalue weighted by Gasteiger charge is -2.37. The molecular weight excluding hydrogens is 324 g/mol. The van der Waals surface area contributed by atoms with Crippen molar-refractivity contribution >= 4 is 5.91 Å². The number of amides is 1. The van der Waals surface area contributed by atoms with Crippen LogP contribution in [-0.2, 0) is 0 Å². The maximum atomic E-state index is 13.0. The van der Waals surface area contributed by atoms with Crippen LogP contribution in [0.5, 0.6) is 5.75 Å². The van der Waals surface area contributed by atoms with E-state index in [0.29, 0.717) is 12.6 Å². The Labute approximate surface area is 157 Å². The molecule has 0 aliphatic carbocycles. The number of carbonyl (C=O) groups is 1. The van der Waals surface area contributed by atoms with Gasteiger partial charge in [-0.2, -0.15) is 0 Å². The number of nitrogens with zero attached hydrogens (tertiary/aromatic N) is 2. The van der Waals surface area contributed by atoms with Crippen molar-refractivity contribution < 1.29 is 9.53 Å². The molecule has 1 aromatic rings. The Hall–Kier alpha value is -1.81. The second kappa shape index (κ2) is 9.77. The largest absolute Gasteiger partial charge is 0.490 e. The quantitative estimate of drug-likeness (QED) is 0.689. The highest BCUT2D eigenvalue weighted by molar-refractivity contribution is 5.94. The molecule has 2 fully saturated rings. The van der Waals surface area contributed by atoms with Crippen LogP contribution in [0.25, 0.3) is 0 Å². The lowest BCUT2D eigenvalue weighted by molar-refractivity contribution is 0.0579. The molecule has 2 saturated heterocycles. The summed E-state index contributed by atoms with van der Waals surface area (Å²) in [6.07, 6.45) is 10.3. The van der Waals surface area contributed by atoms with Crippen LogP contribution in [0.4, 0.5) is 0 Å². The van der Waals surface area contributed by atoms with E-state index < -0.39 is 0 Å². The summed E-state index contributed by atoms with van der Waals surface area (Å²) in [5.41, 5.74) is 0.765. The number of rotatable bonds is 7. The molecule has 0 aromatic heterocycles. The van der Waals surface area contributed by atoms with Gasteiger partial charge in [0, 0.05) is 24.7 Å². The summed E-state index contributed by atoms with van der Waals surface area (Å²) in [6, 6.07) is 7.91. The van der Waals surface area contributed by atoms with Crippen molar-refractivity contribution in [3.05, 3.63) is 42.5 Å². The van der Waals surface area contributed by atoms with E-state index in [1.54, 1.807) is 6.08 Å². The standard InChI is InChI=1S/C22H32N2O2/c1-2-18-26-21-11-9-19(10-12-21)22(25)24-16-7-4-8-20(24)13-17-23-14-5-3-6-15-23/h2,9-12,20H,1,3-8,13-18H2. The third-order valence-electron chi connectivity index (χ3n) is 5.58. The molecule has 0 N–H and O–H groups in total.